The molecule has 0 saturated heterocycles. The average Bonchev–Trinajstić information content (AvgIpc) is 3.41. The van der Waals surface area contributed by atoms with Gasteiger partial charge in [-0.25, -0.2) is 0 Å². The predicted octanol–water partition coefficient (Wildman–Crippen LogP) is 7.88. The topological polar surface area (TPSA) is 82.0 Å². The fourth-order valence-electron chi connectivity index (χ4n) is 5.06. The number of ether oxygens (including phenoxy) is 2. The molecule has 6 aromatic rings. The standard InChI is InChI=1S/C33H27ClN4O3S/c1-19-10-13-28(20(2)14-19)38-31(22-15-24(40-3)18-25(16-22)41-4)36-37-33(38)42-30-29(21-8-6-5-7-9-21)26-17-23(34)11-12-27(26)35-32(30)39/h5-18H,1-4H3,(H,35,39). The van der Waals surface area contributed by atoms with E-state index in [-0.39, 0.29) is 5.56 Å². The van der Waals surface area contributed by atoms with Gasteiger partial charge in [-0.05, 0) is 73.1 Å². The zero-order chi connectivity index (χ0) is 29.4. The molecule has 4 aromatic carbocycles. The van der Waals surface area contributed by atoms with E-state index >= 15 is 0 Å². The minimum Gasteiger partial charge on any atom is -0.497 e. The molecule has 9 heteroatoms. The number of aromatic nitrogens is 4. The van der Waals surface area contributed by atoms with Gasteiger partial charge in [-0.3, -0.25) is 9.36 Å². The highest BCUT2D eigenvalue weighted by Gasteiger charge is 2.23. The molecule has 42 heavy (non-hydrogen) atoms. The summed E-state index contributed by atoms with van der Waals surface area (Å²) in [5.74, 6) is 1.84. The minimum atomic E-state index is -0.228. The number of aromatic amines is 1. The fourth-order valence-corrected chi connectivity index (χ4v) is 6.25. The Morgan fingerprint density at radius 3 is 2.26 bits per heavy atom. The van der Waals surface area contributed by atoms with Crippen molar-refractivity contribution < 1.29 is 9.47 Å². The number of pyridine rings is 1. The molecule has 0 aliphatic carbocycles. The van der Waals surface area contributed by atoms with Gasteiger partial charge < -0.3 is 14.5 Å². The van der Waals surface area contributed by atoms with E-state index in [1.165, 1.54) is 11.8 Å². The van der Waals surface area contributed by atoms with Crippen molar-refractivity contribution in [2.24, 2.45) is 0 Å². The van der Waals surface area contributed by atoms with E-state index in [4.69, 9.17) is 21.1 Å². The highest BCUT2D eigenvalue weighted by atomic mass is 35.5. The van der Waals surface area contributed by atoms with Crippen LogP contribution < -0.4 is 15.0 Å². The lowest BCUT2D eigenvalue weighted by molar-refractivity contribution is 0.394. The van der Waals surface area contributed by atoms with Gasteiger partial charge in [0.05, 0.1) is 24.8 Å². The summed E-state index contributed by atoms with van der Waals surface area (Å²) in [6, 6.07) is 27.1. The largest absolute Gasteiger partial charge is 0.497 e. The number of hydrogen-bond donors (Lipinski definition) is 1. The Labute approximate surface area is 252 Å². The van der Waals surface area contributed by atoms with E-state index in [2.05, 4.69) is 28.2 Å². The first-order chi connectivity index (χ1) is 20.4. The molecule has 0 atom stereocenters. The molecule has 0 spiro atoms. The second kappa shape index (κ2) is 11.4. The summed E-state index contributed by atoms with van der Waals surface area (Å²) in [5, 5.41) is 11.2. The molecular weight excluding hydrogens is 568 g/mol. The third-order valence-electron chi connectivity index (χ3n) is 7.02. The maximum absolute atomic E-state index is 13.7. The van der Waals surface area contributed by atoms with Crippen molar-refractivity contribution in [1.82, 2.24) is 19.7 Å². The normalized spacial score (nSPS) is 11.2. The number of hydrogen-bond acceptors (Lipinski definition) is 6. The number of methoxy groups -OCH3 is 2. The summed E-state index contributed by atoms with van der Waals surface area (Å²) in [7, 11) is 3.22. The average molecular weight is 595 g/mol. The Kier molecular flexibility index (Phi) is 7.49. The second-order valence-corrected chi connectivity index (χ2v) is 11.3. The van der Waals surface area contributed by atoms with E-state index in [1.807, 2.05) is 84.3 Å². The highest BCUT2D eigenvalue weighted by Crippen LogP contribution is 2.40. The molecule has 7 nitrogen and oxygen atoms in total. The summed E-state index contributed by atoms with van der Waals surface area (Å²) in [6.07, 6.45) is 0. The third-order valence-corrected chi connectivity index (χ3v) is 8.30. The Bertz CT molecular complexity index is 1980. The van der Waals surface area contributed by atoms with Crippen molar-refractivity contribution >= 4 is 34.3 Å². The number of rotatable bonds is 7. The molecule has 1 N–H and O–H groups in total. The van der Waals surface area contributed by atoms with Crippen LogP contribution in [0.3, 0.4) is 0 Å². The molecule has 2 heterocycles. The molecule has 0 unspecified atom stereocenters. The second-order valence-electron chi connectivity index (χ2n) is 9.85. The number of halogens is 1. The molecule has 210 valence electrons. The zero-order valence-corrected chi connectivity index (χ0v) is 25.0. The first-order valence-corrected chi connectivity index (χ1v) is 14.4. The van der Waals surface area contributed by atoms with Gasteiger partial charge in [-0.2, -0.15) is 0 Å². The van der Waals surface area contributed by atoms with Gasteiger partial charge in [-0.1, -0.05) is 59.6 Å². The van der Waals surface area contributed by atoms with Gasteiger partial charge in [0.15, 0.2) is 5.82 Å². The molecule has 0 radical (unpaired) electrons. The van der Waals surface area contributed by atoms with Crippen LogP contribution >= 0.6 is 23.4 Å². The molecule has 0 saturated carbocycles. The molecule has 0 aliphatic heterocycles. The first-order valence-electron chi connectivity index (χ1n) is 13.2. The summed E-state index contributed by atoms with van der Waals surface area (Å²) < 4.78 is 13.1. The van der Waals surface area contributed by atoms with Crippen molar-refractivity contribution in [2.75, 3.05) is 14.2 Å². The lowest BCUT2D eigenvalue weighted by Crippen LogP contribution is -2.11. The predicted molar refractivity (Wildman–Crippen MR) is 169 cm³/mol. The molecule has 0 aliphatic rings. The lowest BCUT2D eigenvalue weighted by Gasteiger charge is -2.16. The third kappa shape index (κ3) is 5.15. The van der Waals surface area contributed by atoms with Crippen LogP contribution in [0, 0.1) is 13.8 Å². The molecule has 2 aromatic heterocycles. The van der Waals surface area contributed by atoms with E-state index in [9.17, 15) is 4.79 Å². The Morgan fingerprint density at radius 2 is 1.57 bits per heavy atom. The summed E-state index contributed by atoms with van der Waals surface area (Å²) in [5.41, 5.74) is 5.98. The monoisotopic (exact) mass is 594 g/mol. The van der Waals surface area contributed by atoms with E-state index in [1.54, 1.807) is 20.3 Å². The number of nitrogens with zero attached hydrogens (tertiary/aromatic N) is 3. The van der Waals surface area contributed by atoms with Crippen LogP contribution in [0.5, 0.6) is 11.5 Å². The number of benzene rings is 4. The Hall–Kier alpha value is -4.53. The van der Waals surface area contributed by atoms with Crippen LogP contribution in [-0.4, -0.2) is 34.0 Å². The fraction of sp³-hybridized carbons (Fsp3) is 0.121. The number of H-pyrrole nitrogens is 1. The summed E-state index contributed by atoms with van der Waals surface area (Å²) in [4.78, 5) is 17.2. The number of aryl methyl sites for hydroxylation is 2. The molecule has 0 fully saturated rings. The van der Waals surface area contributed by atoms with E-state index in [0.29, 0.717) is 37.9 Å². The van der Waals surface area contributed by atoms with Crippen molar-refractivity contribution in [1.29, 1.82) is 0 Å². The molecular formula is C33H27ClN4O3S. The van der Waals surface area contributed by atoms with Crippen molar-refractivity contribution in [3.63, 3.8) is 0 Å². The molecule has 0 amide bonds. The van der Waals surface area contributed by atoms with Crippen LogP contribution in [0.2, 0.25) is 5.02 Å². The van der Waals surface area contributed by atoms with Crippen LogP contribution in [0.25, 0.3) is 39.1 Å². The van der Waals surface area contributed by atoms with Gasteiger partial charge in [0.2, 0.25) is 5.16 Å². The quantitative estimate of drug-likeness (QED) is 0.202. The Morgan fingerprint density at radius 1 is 0.833 bits per heavy atom. The zero-order valence-electron chi connectivity index (χ0n) is 23.4. The van der Waals surface area contributed by atoms with Crippen LogP contribution in [0.4, 0.5) is 0 Å². The van der Waals surface area contributed by atoms with Crippen molar-refractivity contribution in [3.05, 3.63) is 111 Å². The highest BCUT2D eigenvalue weighted by molar-refractivity contribution is 7.99. The van der Waals surface area contributed by atoms with Gasteiger partial charge in [0, 0.05) is 33.1 Å². The number of fused-ring (bicyclic) bond motifs is 1. The van der Waals surface area contributed by atoms with E-state index < -0.39 is 0 Å². The maximum atomic E-state index is 13.7. The van der Waals surface area contributed by atoms with Crippen molar-refractivity contribution in [2.45, 2.75) is 23.9 Å². The van der Waals surface area contributed by atoms with Gasteiger partial charge in [0.1, 0.15) is 11.5 Å². The summed E-state index contributed by atoms with van der Waals surface area (Å²) >= 11 is 7.71. The minimum absolute atomic E-state index is 0.228. The van der Waals surface area contributed by atoms with Gasteiger partial charge in [-0.15, -0.1) is 10.2 Å². The Balaban J connectivity index is 1.62. The maximum Gasteiger partial charge on any atom is 0.263 e. The van der Waals surface area contributed by atoms with Crippen LogP contribution in [0.1, 0.15) is 11.1 Å². The molecule has 0 bridgehead atoms. The van der Waals surface area contributed by atoms with Crippen LogP contribution in [-0.2, 0) is 0 Å². The SMILES string of the molecule is COc1cc(OC)cc(-c2nnc(Sc3c(-c4ccccc4)c4cc(Cl)ccc4[nH]c3=O)n2-c2ccc(C)cc2C)c1. The van der Waals surface area contributed by atoms with E-state index in [0.717, 1.165) is 38.9 Å². The molecule has 6 rings (SSSR count). The number of nitrogens with one attached hydrogen (secondary N) is 1. The summed E-state index contributed by atoms with van der Waals surface area (Å²) in [6.45, 7) is 4.10. The smallest absolute Gasteiger partial charge is 0.263 e. The van der Waals surface area contributed by atoms with Gasteiger partial charge in [0.25, 0.3) is 5.56 Å². The van der Waals surface area contributed by atoms with Gasteiger partial charge >= 0.3 is 0 Å². The van der Waals surface area contributed by atoms with Crippen molar-refractivity contribution in [3.8, 4) is 39.7 Å². The first kappa shape index (κ1) is 27.6. The lowest BCUT2D eigenvalue weighted by atomic mass is 10.0. The van der Waals surface area contributed by atoms with Crippen LogP contribution in [0.15, 0.2) is 99.8 Å².